The summed E-state index contributed by atoms with van der Waals surface area (Å²) in [6.45, 7) is 0. The van der Waals surface area contributed by atoms with Crippen molar-refractivity contribution < 1.29 is 29.4 Å². The van der Waals surface area contributed by atoms with E-state index in [1.54, 1.807) is 0 Å². The third-order valence-electron chi connectivity index (χ3n) is 2.02. The van der Waals surface area contributed by atoms with Crippen molar-refractivity contribution in [1.29, 1.82) is 0 Å². The van der Waals surface area contributed by atoms with Gasteiger partial charge in [-0.05, 0) is 0 Å². The van der Waals surface area contributed by atoms with Crippen molar-refractivity contribution in [3.63, 3.8) is 0 Å². The molecule has 4 N–H and O–H groups in total. The SMILES string of the molecule is O=C(O)C[C@@H]1NC(=O)[C@@H](CC(=O)O)NC1=O. The fourth-order valence-electron chi connectivity index (χ4n) is 1.31. The third-order valence-corrected chi connectivity index (χ3v) is 2.02. The molecule has 0 aromatic rings. The summed E-state index contributed by atoms with van der Waals surface area (Å²) in [6.07, 6.45) is -1.06. The molecule has 8 heteroatoms. The lowest BCUT2D eigenvalue weighted by Crippen LogP contribution is -2.62. The van der Waals surface area contributed by atoms with Crippen molar-refractivity contribution in [2.75, 3.05) is 0 Å². The predicted molar refractivity (Wildman–Crippen MR) is 48.4 cm³/mol. The first-order chi connectivity index (χ1) is 7.40. The molecular weight excluding hydrogens is 220 g/mol. The van der Waals surface area contributed by atoms with E-state index in [-0.39, 0.29) is 0 Å². The molecule has 0 aromatic carbocycles. The summed E-state index contributed by atoms with van der Waals surface area (Å²) >= 11 is 0. The quantitative estimate of drug-likeness (QED) is 0.438. The van der Waals surface area contributed by atoms with E-state index in [2.05, 4.69) is 10.6 Å². The maximum atomic E-state index is 11.3. The van der Waals surface area contributed by atoms with Gasteiger partial charge in [0.05, 0.1) is 12.8 Å². The number of carboxylic acids is 2. The molecule has 0 spiro atoms. The highest BCUT2D eigenvalue weighted by Crippen LogP contribution is 2.04. The molecule has 0 aliphatic carbocycles. The molecule has 0 radical (unpaired) electrons. The van der Waals surface area contributed by atoms with E-state index in [4.69, 9.17) is 10.2 Å². The van der Waals surface area contributed by atoms with Crippen molar-refractivity contribution in [2.24, 2.45) is 0 Å². The number of aliphatic carboxylic acids is 2. The zero-order valence-corrected chi connectivity index (χ0v) is 8.10. The first kappa shape index (κ1) is 12.0. The maximum absolute atomic E-state index is 11.3. The van der Waals surface area contributed by atoms with Crippen LogP contribution in [0.25, 0.3) is 0 Å². The highest BCUT2D eigenvalue weighted by molar-refractivity contribution is 5.99. The number of carbonyl (C=O) groups is 4. The van der Waals surface area contributed by atoms with Crippen LogP contribution in [0.15, 0.2) is 0 Å². The minimum Gasteiger partial charge on any atom is -0.481 e. The lowest BCUT2D eigenvalue weighted by Gasteiger charge is -2.27. The van der Waals surface area contributed by atoms with Gasteiger partial charge in [0.15, 0.2) is 0 Å². The van der Waals surface area contributed by atoms with E-state index >= 15 is 0 Å². The second-order valence-corrected chi connectivity index (χ2v) is 3.32. The van der Waals surface area contributed by atoms with Gasteiger partial charge in [0, 0.05) is 0 Å². The smallest absolute Gasteiger partial charge is 0.305 e. The van der Waals surface area contributed by atoms with Gasteiger partial charge in [0.25, 0.3) is 0 Å². The average molecular weight is 230 g/mol. The van der Waals surface area contributed by atoms with E-state index in [1.807, 2.05) is 0 Å². The molecule has 88 valence electrons. The van der Waals surface area contributed by atoms with Gasteiger partial charge in [-0.15, -0.1) is 0 Å². The van der Waals surface area contributed by atoms with Crippen LogP contribution in [0.5, 0.6) is 0 Å². The lowest BCUT2D eigenvalue weighted by molar-refractivity contribution is -0.146. The molecule has 0 saturated carbocycles. The van der Waals surface area contributed by atoms with E-state index < -0.39 is 48.7 Å². The van der Waals surface area contributed by atoms with Gasteiger partial charge in [-0.3, -0.25) is 19.2 Å². The Bertz CT molecular complexity index is 318. The number of carbonyl (C=O) groups excluding carboxylic acids is 2. The molecular formula is C8H10N2O6. The minimum atomic E-state index is -1.22. The zero-order valence-electron chi connectivity index (χ0n) is 8.10. The van der Waals surface area contributed by atoms with Crippen LogP contribution in [-0.2, 0) is 19.2 Å². The second kappa shape index (κ2) is 4.60. The van der Waals surface area contributed by atoms with Crippen LogP contribution in [0.4, 0.5) is 0 Å². The molecule has 0 bridgehead atoms. The largest absolute Gasteiger partial charge is 0.481 e. The van der Waals surface area contributed by atoms with Crippen molar-refractivity contribution in [1.82, 2.24) is 10.6 Å². The standard InChI is InChI=1S/C8H10N2O6/c11-5(12)1-3-7(15)10-4(2-6(13)14)8(16)9-3/h3-4H,1-2H2,(H,9,16)(H,10,15)(H,11,12)(H,13,14)/t3-,4+. The molecule has 1 aliphatic rings. The van der Waals surface area contributed by atoms with Gasteiger partial charge < -0.3 is 20.8 Å². The molecule has 1 rings (SSSR count). The predicted octanol–water partition coefficient (Wildman–Crippen LogP) is -2.08. The fraction of sp³-hybridized carbons (Fsp3) is 0.500. The van der Waals surface area contributed by atoms with Crippen LogP contribution < -0.4 is 10.6 Å². The highest BCUT2D eigenvalue weighted by Gasteiger charge is 2.35. The van der Waals surface area contributed by atoms with Crippen molar-refractivity contribution in [2.45, 2.75) is 24.9 Å². The van der Waals surface area contributed by atoms with Gasteiger partial charge in [-0.2, -0.15) is 0 Å². The first-order valence-corrected chi connectivity index (χ1v) is 4.44. The Morgan fingerprint density at radius 2 is 1.25 bits per heavy atom. The Labute approximate surface area is 89.6 Å². The molecule has 2 amide bonds. The Hall–Kier alpha value is -2.12. The van der Waals surface area contributed by atoms with Gasteiger partial charge in [-0.1, -0.05) is 0 Å². The van der Waals surface area contributed by atoms with Crippen LogP contribution in [0, 0.1) is 0 Å². The zero-order chi connectivity index (χ0) is 12.3. The van der Waals surface area contributed by atoms with Crippen LogP contribution in [-0.4, -0.2) is 46.0 Å². The number of hydrogen-bond acceptors (Lipinski definition) is 4. The Kier molecular flexibility index (Phi) is 3.44. The molecule has 1 saturated heterocycles. The summed E-state index contributed by atoms with van der Waals surface area (Å²) < 4.78 is 0. The van der Waals surface area contributed by atoms with Gasteiger partial charge in [-0.25, -0.2) is 0 Å². The Morgan fingerprint density at radius 1 is 0.938 bits per heavy atom. The average Bonchev–Trinajstić information content (AvgIpc) is 2.11. The van der Waals surface area contributed by atoms with Gasteiger partial charge >= 0.3 is 11.9 Å². The van der Waals surface area contributed by atoms with E-state index in [0.29, 0.717) is 0 Å². The van der Waals surface area contributed by atoms with Crippen LogP contribution >= 0.6 is 0 Å². The number of amides is 2. The highest BCUT2D eigenvalue weighted by atomic mass is 16.4. The van der Waals surface area contributed by atoms with Crippen molar-refractivity contribution >= 4 is 23.8 Å². The second-order valence-electron chi connectivity index (χ2n) is 3.32. The molecule has 1 heterocycles. The maximum Gasteiger partial charge on any atom is 0.305 e. The summed E-state index contributed by atoms with van der Waals surface area (Å²) in [5.74, 6) is -3.82. The monoisotopic (exact) mass is 230 g/mol. The Morgan fingerprint density at radius 3 is 1.50 bits per heavy atom. The topological polar surface area (TPSA) is 133 Å². The first-order valence-electron chi connectivity index (χ1n) is 4.44. The van der Waals surface area contributed by atoms with Crippen LogP contribution in [0.2, 0.25) is 0 Å². The number of nitrogens with one attached hydrogen (secondary N) is 2. The minimum absolute atomic E-state index is 0.530. The molecule has 1 fully saturated rings. The van der Waals surface area contributed by atoms with Crippen LogP contribution in [0.1, 0.15) is 12.8 Å². The molecule has 16 heavy (non-hydrogen) atoms. The molecule has 2 atom stereocenters. The van der Waals surface area contributed by atoms with E-state index in [0.717, 1.165) is 0 Å². The normalized spacial score (nSPS) is 24.5. The summed E-state index contributed by atoms with van der Waals surface area (Å²) in [4.78, 5) is 43.3. The Balaban J connectivity index is 2.63. The summed E-state index contributed by atoms with van der Waals surface area (Å²) in [5, 5.41) is 21.2. The van der Waals surface area contributed by atoms with Gasteiger partial charge in [0.2, 0.25) is 11.8 Å². The summed E-state index contributed by atoms with van der Waals surface area (Å²) in [7, 11) is 0. The molecule has 8 nitrogen and oxygen atoms in total. The van der Waals surface area contributed by atoms with Crippen LogP contribution in [0.3, 0.4) is 0 Å². The fourth-order valence-corrected chi connectivity index (χ4v) is 1.31. The van der Waals surface area contributed by atoms with E-state index in [1.165, 1.54) is 0 Å². The summed E-state index contributed by atoms with van der Waals surface area (Å²) in [5.41, 5.74) is 0. The molecule has 1 aliphatic heterocycles. The van der Waals surface area contributed by atoms with Gasteiger partial charge in [0.1, 0.15) is 12.1 Å². The van der Waals surface area contributed by atoms with Crippen molar-refractivity contribution in [3.8, 4) is 0 Å². The van der Waals surface area contributed by atoms with Crippen molar-refractivity contribution in [3.05, 3.63) is 0 Å². The number of piperazine rings is 1. The molecule has 0 aromatic heterocycles. The number of hydrogen-bond donors (Lipinski definition) is 4. The molecule has 0 unspecified atom stereocenters. The number of rotatable bonds is 4. The summed E-state index contributed by atoms with van der Waals surface area (Å²) in [6, 6.07) is -2.29. The van der Waals surface area contributed by atoms with E-state index in [9.17, 15) is 19.2 Å². The third kappa shape index (κ3) is 2.94. The lowest BCUT2D eigenvalue weighted by atomic mass is 10.1. The number of carboxylic acid groups (broad SMARTS) is 2.